The van der Waals surface area contributed by atoms with Gasteiger partial charge in [0.1, 0.15) is 22.3 Å². The standard InChI is InChI=1S/C47H28N2O2/c1-3-9-44-39(7-1)41-24-31-15-19-37(22-34(31)27-46(41)50-44)49(36-17-13-29(14-18-36)33-12-11-30-6-5-21-48-43(30)26-33)38-20-16-32-25-42-40-8-2-4-10-45(40)51-47(42)28-35(32)23-38/h1-28H. The van der Waals surface area contributed by atoms with Gasteiger partial charge in [-0.25, -0.2) is 0 Å². The number of furan rings is 2. The molecule has 3 heterocycles. The van der Waals surface area contributed by atoms with Crippen LogP contribution in [-0.2, 0) is 0 Å². The molecule has 0 aliphatic carbocycles. The molecule has 4 heteroatoms. The Balaban J connectivity index is 1.07. The second kappa shape index (κ2) is 10.8. The average molecular weight is 653 g/mol. The van der Waals surface area contributed by atoms with Crippen LogP contribution < -0.4 is 4.90 Å². The average Bonchev–Trinajstić information content (AvgIpc) is 3.73. The van der Waals surface area contributed by atoms with Crippen molar-refractivity contribution < 1.29 is 8.83 Å². The van der Waals surface area contributed by atoms with Crippen LogP contribution in [0.1, 0.15) is 0 Å². The van der Waals surface area contributed by atoms with Crippen molar-refractivity contribution in [2.75, 3.05) is 4.90 Å². The summed E-state index contributed by atoms with van der Waals surface area (Å²) in [6.45, 7) is 0. The summed E-state index contributed by atoms with van der Waals surface area (Å²) in [6.07, 6.45) is 1.85. The first-order valence-corrected chi connectivity index (χ1v) is 17.2. The molecule has 0 bridgehead atoms. The van der Waals surface area contributed by atoms with Gasteiger partial charge in [-0.15, -0.1) is 0 Å². The van der Waals surface area contributed by atoms with E-state index in [1.165, 1.54) is 10.8 Å². The summed E-state index contributed by atoms with van der Waals surface area (Å²) in [5.74, 6) is 0. The van der Waals surface area contributed by atoms with Crippen molar-refractivity contribution in [3.63, 3.8) is 0 Å². The third-order valence-electron chi connectivity index (χ3n) is 10.2. The lowest BCUT2D eigenvalue weighted by Gasteiger charge is -2.26. The number of aromatic nitrogens is 1. The normalized spacial score (nSPS) is 11.9. The second-order valence-corrected chi connectivity index (χ2v) is 13.2. The van der Waals surface area contributed by atoms with E-state index in [2.05, 4.69) is 143 Å². The molecule has 4 nitrogen and oxygen atoms in total. The number of hydrogen-bond donors (Lipinski definition) is 0. The Bertz CT molecular complexity index is 3000. The number of anilines is 3. The Morgan fingerprint density at radius 2 is 0.902 bits per heavy atom. The SMILES string of the molecule is c1cnc2cc(-c3ccc(N(c4ccc5cc6c(cc5c4)oc4ccccc46)c4ccc5cc6c(cc5c4)oc4ccccc46)cc3)ccc2c1. The fourth-order valence-corrected chi connectivity index (χ4v) is 7.69. The Kier molecular flexibility index (Phi) is 5.92. The molecule has 0 radical (unpaired) electrons. The summed E-state index contributed by atoms with van der Waals surface area (Å²) < 4.78 is 12.6. The van der Waals surface area contributed by atoms with Crippen molar-refractivity contribution in [3.8, 4) is 11.1 Å². The summed E-state index contributed by atoms with van der Waals surface area (Å²) >= 11 is 0. The van der Waals surface area contributed by atoms with E-state index in [0.717, 1.165) is 93.7 Å². The maximum absolute atomic E-state index is 6.29. The van der Waals surface area contributed by atoms with Gasteiger partial charge in [-0.1, -0.05) is 78.9 Å². The Hall–Kier alpha value is -6.91. The van der Waals surface area contributed by atoms with Crippen LogP contribution in [0.5, 0.6) is 0 Å². The zero-order chi connectivity index (χ0) is 33.5. The van der Waals surface area contributed by atoms with E-state index in [1.54, 1.807) is 0 Å². The van der Waals surface area contributed by atoms with E-state index in [4.69, 9.17) is 8.83 Å². The number of para-hydroxylation sites is 2. The molecule has 238 valence electrons. The predicted molar refractivity (Wildman–Crippen MR) is 211 cm³/mol. The highest BCUT2D eigenvalue weighted by atomic mass is 16.3. The molecule has 11 rings (SSSR count). The first-order chi connectivity index (χ1) is 25.2. The first-order valence-electron chi connectivity index (χ1n) is 17.2. The largest absolute Gasteiger partial charge is 0.456 e. The summed E-state index contributed by atoms with van der Waals surface area (Å²) in [6, 6.07) is 58.0. The van der Waals surface area contributed by atoms with Gasteiger partial charge in [0.2, 0.25) is 0 Å². The van der Waals surface area contributed by atoms with Gasteiger partial charge in [-0.2, -0.15) is 0 Å². The molecule has 0 N–H and O–H groups in total. The molecule has 0 amide bonds. The molecule has 0 aliphatic heterocycles. The molecule has 0 fully saturated rings. The molecular weight excluding hydrogens is 625 g/mol. The van der Waals surface area contributed by atoms with Gasteiger partial charge in [0.05, 0.1) is 5.52 Å². The number of fused-ring (bicyclic) bond motifs is 9. The van der Waals surface area contributed by atoms with Crippen molar-refractivity contribution >= 4 is 93.4 Å². The lowest BCUT2D eigenvalue weighted by atomic mass is 10.0. The number of hydrogen-bond acceptors (Lipinski definition) is 4. The van der Waals surface area contributed by atoms with Gasteiger partial charge in [-0.05, 0) is 118 Å². The maximum atomic E-state index is 6.29. The third-order valence-corrected chi connectivity index (χ3v) is 10.2. The van der Waals surface area contributed by atoms with Gasteiger partial charge >= 0.3 is 0 Å². The smallest absolute Gasteiger partial charge is 0.136 e. The van der Waals surface area contributed by atoms with Crippen LogP contribution in [0.15, 0.2) is 179 Å². The molecule has 8 aromatic carbocycles. The van der Waals surface area contributed by atoms with Crippen LogP contribution in [0.4, 0.5) is 17.1 Å². The van der Waals surface area contributed by atoms with E-state index >= 15 is 0 Å². The van der Waals surface area contributed by atoms with E-state index in [-0.39, 0.29) is 0 Å². The summed E-state index contributed by atoms with van der Waals surface area (Å²) in [5, 5.41) is 10.3. The van der Waals surface area contributed by atoms with Crippen LogP contribution in [0.3, 0.4) is 0 Å². The Morgan fingerprint density at radius 1 is 0.353 bits per heavy atom. The molecule has 3 aromatic heterocycles. The summed E-state index contributed by atoms with van der Waals surface area (Å²) in [7, 11) is 0. The molecular formula is C47H28N2O2. The summed E-state index contributed by atoms with van der Waals surface area (Å²) in [4.78, 5) is 6.91. The lowest BCUT2D eigenvalue weighted by Crippen LogP contribution is -2.09. The highest BCUT2D eigenvalue weighted by Crippen LogP contribution is 2.41. The van der Waals surface area contributed by atoms with Gasteiger partial charge in [0.25, 0.3) is 0 Å². The van der Waals surface area contributed by atoms with Crippen LogP contribution in [0.2, 0.25) is 0 Å². The van der Waals surface area contributed by atoms with Crippen molar-refractivity contribution in [2.24, 2.45) is 0 Å². The number of rotatable bonds is 4. The fraction of sp³-hybridized carbons (Fsp3) is 0. The molecule has 0 saturated carbocycles. The molecule has 51 heavy (non-hydrogen) atoms. The number of nitrogens with zero attached hydrogens (tertiary/aromatic N) is 2. The molecule has 0 aliphatic rings. The lowest BCUT2D eigenvalue weighted by molar-refractivity contribution is 0.669. The van der Waals surface area contributed by atoms with Crippen LogP contribution in [0, 0.1) is 0 Å². The van der Waals surface area contributed by atoms with Gasteiger partial charge in [-0.3, -0.25) is 4.98 Å². The topological polar surface area (TPSA) is 42.4 Å². The minimum absolute atomic E-state index is 0.891. The zero-order valence-electron chi connectivity index (χ0n) is 27.4. The quantitative estimate of drug-likeness (QED) is 0.190. The van der Waals surface area contributed by atoms with Crippen LogP contribution in [0.25, 0.3) is 87.5 Å². The maximum Gasteiger partial charge on any atom is 0.136 e. The van der Waals surface area contributed by atoms with Crippen molar-refractivity contribution in [1.82, 2.24) is 4.98 Å². The monoisotopic (exact) mass is 652 g/mol. The van der Waals surface area contributed by atoms with Gasteiger partial charge < -0.3 is 13.7 Å². The zero-order valence-corrected chi connectivity index (χ0v) is 27.4. The van der Waals surface area contributed by atoms with Gasteiger partial charge in [0.15, 0.2) is 0 Å². The van der Waals surface area contributed by atoms with Gasteiger partial charge in [0, 0.05) is 50.2 Å². The minimum Gasteiger partial charge on any atom is -0.456 e. The number of benzene rings is 8. The van der Waals surface area contributed by atoms with E-state index in [0.29, 0.717) is 0 Å². The van der Waals surface area contributed by atoms with E-state index < -0.39 is 0 Å². The van der Waals surface area contributed by atoms with Crippen molar-refractivity contribution in [1.29, 1.82) is 0 Å². The molecule has 0 atom stereocenters. The minimum atomic E-state index is 0.891. The molecule has 0 spiro atoms. The van der Waals surface area contributed by atoms with E-state index in [9.17, 15) is 0 Å². The fourth-order valence-electron chi connectivity index (χ4n) is 7.69. The molecule has 0 unspecified atom stereocenters. The van der Waals surface area contributed by atoms with E-state index in [1.807, 2.05) is 36.5 Å². The highest BCUT2D eigenvalue weighted by Gasteiger charge is 2.17. The highest BCUT2D eigenvalue weighted by molar-refractivity contribution is 6.12. The third kappa shape index (κ3) is 4.50. The Morgan fingerprint density at radius 3 is 1.53 bits per heavy atom. The first kappa shape index (κ1) is 28.0. The van der Waals surface area contributed by atoms with Crippen LogP contribution >= 0.6 is 0 Å². The molecule has 11 aromatic rings. The Labute approximate surface area is 292 Å². The van der Waals surface area contributed by atoms with Crippen molar-refractivity contribution in [3.05, 3.63) is 170 Å². The second-order valence-electron chi connectivity index (χ2n) is 13.2. The molecule has 0 saturated heterocycles. The van der Waals surface area contributed by atoms with Crippen molar-refractivity contribution in [2.45, 2.75) is 0 Å². The van der Waals surface area contributed by atoms with Crippen LogP contribution in [-0.4, -0.2) is 4.98 Å². The summed E-state index contributed by atoms with van der Waals surface area (Å²) in [5.41, 5.74) is 10.0. The predicted octanol–water partition coefficient (Wildman–Crippen LogP) is 13.5. The number of pyridine rings is 1.